The lowest BCUT2D eigenvalue weighted by Crippen LogP contribution is -2.12. The van der Waals surface area contributed by atoms with Gasteiger partial charge in [-0.15, -0.1) is 0 Å². The summed E-state index contributed by atoms with van der Waals surface area (Å²) in [5, 5.41) is 8.51. The molecular weight excluding hydrogens is 400 g/mol. The standard InChI is InChI=1S/C31H30N2/c1-19-13-14-23(21(3)20(19)2)31-29(18-32)27(15-16-30(31)33(4)5)26-12-8-11-25-24-10-7-6-9-22(24)17-28(25)26/h6-16,18,32H,17H2,1-5H3. The lowest BCUT2D eigenvalue weighted by atomic mass is 9.85. The van der Waals surface area contributed by atoms with Gasteiger partial charge in [0.1, 0.15) is 0 Å². The summed E-state index contributed by atoms with van der Waals surface area (Å²) in [5.74, 6) is 0. The summed E-state index contributed by atoms with van der Waals surface area (Å²) >= 11 is 0. The van der Waals surface area contributed by atoms with Crippen molar-refractivity contribution in [3.05, 3.63) is 100 Å². The van der Waals surface area contributed by atoms with Gasteiger partial charge in [0.15, 0.2) is 0 Å². The van der Waals surface area contributed by atoms with Crippen molar-refractivity contribution in [1.29, 1.82) is 5.41 Å². The first-order valence-corrected chi connectivity index (χ1v) is 11.5. The Labute approximate surface area is 197 Å². The number of anilines is 1. The van der Waals surface area contributed by atoms with Crippen molar-refractivity contribution in [3.8, 4) is 33.4 Å². The second kappa shape index (κ2) is 8.04. The summed E-state index contributed by atoms with van der Waals surface area (Å²) in [6.07, 6.45) is 2.49. The summed E-state index contributed by atoms with van der Waals surface area (Å²) < 4.78 is 0. The largest absolute Gasteiger partial charge is 0.377 e. The van der Waals surface area contributed by atoms with Gasteiger partial charge in [0.05, 0.1) is 0 Å². The normalized spacial score (nSPS) is 11.8. The maximum Gasteiger partial charge on any atom is 0.0447 e. The van der Waals surface area contributed by atoms with E-state index in [1.165, 1.54) is 50.1 Å². The Morgan fingerprint density at radius 1 is 0.697 bits per heavy atom. The molecule has 0 amide bonds. The monoisotopic (exact) mass is 430 g/mol. The van der Waals surface area contributed by atoms with E-state index in [0.717, 1.165) is 28.8 Å². The van der Waals surface area contributed by atoms with Gasteiger partial charge in [-0.3, -0.25) is 0 Å². The van der Waals surface area contributed by atoms with Crippen LogP contribution in [0.5, 0.6) is 0 Å². The van der Waals surface area contributed by atoms with Crippen LogP contribution in [0.2, 0.25) is 0 Å². The molecule has 0 saturated carbocycles. The molecule has 1 aliphatic carbocycles. The molecule has 1 aliphatic rings. The fourth-order valence-corrected chi connectivity index (χ4v) is 5.29. The molecule has 0 radical (unpaired) electrons. The molecule has 164 valence electrons. The third-order valence-electron chi connectivity index (χ3n) is 7.32. The average molecular weight is 431 g/mol. The molecule has 0 fully saturated rings. The van der Waals surface area contributed by atoms with Crippen LogP contribution in [-0.2, 0) is 6.42 Å². The molecule has 1 N–H and O–H groups in total. The lowest BCUT2D eigenvalue weighted by Gasteiger charge is -2.24. The van der Waals surface area contributed by atoms with Crippen molar-refractivity contribution < 1.29 is 0 Å². The van der Waals surface area contributed by atoms with E-state index in [1.807, 2.05) is 0 Å². The quantitative estimate of drug-likeness (QED) is 0.292. The molecule has 0 unspecified atom stereocenters. The van der Waals surface area contributed by atoms with Crippen molar-refractivity contribution in [2.24, 2.45) is 0 Å². The minimum absolute atomic E-state index is 0.937. The summed E-state index contributed by atoms with van der Waals surface area (Å²) in [6.45, 7) is 6.56. The van der Waals surface area contributed by atoms with Crippen LogP contribution in [0.1, 0.15) is 33.4 Å². The molecule has 0 aromatic heterocycles. The molecule has 0 saturated heterocycles. The highest BCUT2D eigenvalue weighted by atomic mass is 15.1. The van der Waals surface area contributed by atoms with Gasteiger partial charge in [0.2, 0.25) is 0 Å². The fraction of sp³-hybridized carbons (Fsp3) is 0.194. The van der Waals surface area contributed by atoms with Crippen LogP contribution in [0.3, 0.4) is 0 Å². The van der Waals surface area contributed by atoms with Gasteiger partial charge in [-0.05, 0) is 88.9 Å². The van der Waals surface area contributed by atoms with Crippen molar-refractivity contribution in [3.63, 3.8) is 0 Å². The van der Waals surface area contributed by atoms with Crippen LogP contribution in [0.4, 0.5) is 5.69 Å². The van der Waals surface area contributed by atoms with Crippen LogP contribution in [0.15, 0.2) is 66.7 Å². The molecule has 4 aromatic carbocycles. The molecule has 0 spiro atoms. The number of hydrogen-bond donors (Lipinski definition) is 1. The zero-order valence-corrected chi connectivity index (χ0v) is 20.1. The minimum atomic E-state index is 0.937. The second-order valence-electron chi connectivity index (χ2n) is 9.31. The molecule has 2 heteroatoms. The third kappa shape index (κ3) is 3.29. The highest BCUT2D eigenvalue weighted by molar-refractivity contribution is 6.03. The minimum Gasteiger partial charge on any atom is -0.377 e. The highest BCUT2D eigenvalue weighted by Crippen LogP contribution is 2.45. The molecule has 0 bridgehead atoms. The van der Waals surface area contributed by atoms with Crippen LogP contribution < -0.4 is 4.90 Å². The van der Waals surface area contributed by atoms with E-state index in [-0.39, 0.29) is 0 Å². The van der Waals surface area contributed by atoms with E-state index in [2.05, 4.69) is 106 Å². The number of aryl methyl sites for hydroxylation is 1. The van der Waals surface area contributed by atoms with Crippen LogP contribution in [-0.4, -0.2) is 20.3 Å². The van der Waals surface area contributed by atoms with Crippen LogP contribution in [0.25, 0.3) is 33.4 Å². The van der Waals surface area contributed by atoms with Gasteiger partial charge in [0.25, 0.3) is 0 Å². The number of nitrogens with zero attached hydrogens (tertiary/aromatic N) is 1. The van der Waals surface area contributed by atoms with Crippen LogP contribution in [0, 0.1) is 26.2 Å². The van der Waals surface area contributed by atoms with Gasteiger partial charge in [-0.1, -0.05) is 60.7 Å². The summed E-state index contributed by atoms with van der Waals surface area (Å²) in [4.78, 5) is 2.16. The Morgan fingerprint density at radius 2 is 1.36 bits per heavy atom. The van der Waals surface area contributed by atoms with Gasteiger partial charge in [0, 0.05) is 37.1 Å². The van der Waals surface area contributed by atoms with Gasteiger partial charge >= 0.3 is 0 Å². The molecule has 33 heavy (non-hydrogen) atoms. The first kappa shape index (κ1) is 21.2. The van der Waals surface area contributed by atoms with E-state index in [4.69, 9.17) is 5.41 Å². The fourth-order valence-electron chi connectivity index (χ4n) is 5.29. The number of hydrogen-bond acceptors (Lipinski definition) is 2. The molecular formula is C31H30N2. The number of benzene rings is 4. The number of rotatable bonds is 4. The Hall–Kier alpha value is -3.65. The maximum absolute atomic E-state index is 8.51. The van der Waals surface area contributed by atoms with Crippen molar-refractivity contribution in [1.82, 2.24) is 0 Å². The zero-order chi connectivity index (χ0) is 23.3. The predicted octanol–water partition coefficient (Wildman–Crippen LogP) is 7.58. The lowest BCUT2D eigenvalue weighted by molar-refractivity contribution is 1.13. The average Bonchev–Trinajstić information content (AvgIpc) is 3.21. The molecule has 0 heterocycles. The third-order valence-corrected chi connectivity index (χ3v) is 7.32. The first-order chi connectivity index (χ1) is 15.9. The van der Waals surface area contributed by atoms with E-state index in [9.17, 15) is 0 Å². The zero-order valence-electron chi connectivity index (χ0n) is 20.1. The smallest absolute Gasteiger partial charge is 0.0447 e. The predicted molar refractivity (Wildman–Crippen MR) is 142 cm³/mol. The number of fused-ring (bicyclic) bond motifs is 3. The maximum atomic E-state index is 8.51. The SMILES string of the molecule is Cc1ccc(-c2c(N(C)C)ccc(-c3cccc4c3Cc3ccccc3-4)c2C=N)c(C)c1C. The summed E-state index contributed by atoms with van der Waals surface area (Å²) in [6, 6.07) is 24.2. The van der Waals surface area contributed by atoms with E-state index in [1.54, 1.807) is 6.21 Å². The molecule has 0 aliphatic heterocycles. The van der Waals surface area contributed by atoms with E-state index >= 15 is 0 Å². The van der Waals surface area contributed by atoms with Crippen molar-refractivity contribution in [2.45, 2.75) is 27.2 Å². The Morgan fingerprint density at radius 3 is 2.09 bits per heavy atom. The van der Waals surface area contributed by atoms with Gasteiger partial charge in [-0.25, -0.2) is 0 Å². The Kier molecular flexibility index (Phi) is 5.17. The summed E-state index contributed by atoms with van der Waals surface area (Å²) in [7, 11) is 4.17. The molecule has 5 rings (SSSR count). The molecule has 2 nitrogen and oxygen atoms in total. The van der Waals surface area contributed by atoms with Gasteiger partial charge in [-0.2, -0.15) is 0 Å². The Bertz CT molecular complexity index is 1410. The molecule has 4 aromatic rings. The highest BCUT2D eigenvalue weighted by Gasteiger charge is 2.24. The second-order valence-corrected chi connectivity index (χ2v) is 9.31. The van der Waals surface area contributed by atoms with Crippen molar-refractivity contribution >= 4 is 11.9 Å². The topological polar surface area (TPSA) is 27.1 Å². The Balaban J connectivity index is 1.80. The molecule has 0 atom stereocenters. The number of nitrogens with one attached hydrogen (secondary N) is 1. The van der Waals surface area contributed by atoms with Crippen molar-refractivity contribution in [2.75, 3.05) is 19.0 Å². The van der Waals surface area contributed by atoms with Gasteiger partial charge < -0.3 is 10.3 Å². The first-order valence-electron chi connectivity index (χ1n) is 11.5. The van der Waals surface area contributed by atoms with E-state index in [0.29, 0.717) is 0 Å². The van der Waals surface area contributed by atoms with Crippen LogP contribution >= 0.6 is 0 Å². The van der Waals surface area contributed by atoms with E-state index < -0.39 is 0 Å². The summed E-state index contributed by atoms with van der Waals surface area (Å²) in [5.41, 5.74) is 16.1.